The maximum absolute atomic E-state index is 2.56. The third-order valence-electron chi connectivity index (χ3n) is 8.37. The Hall–Kier alpha value is -4.43. The molecule has 0 aliphatic carbocycles. The number of benzene rings is 4. The summed E-state index contributed by atoms with van der Waals surface area (Å²) in [4.78, 5) is 0. The van der Waals surface area contributed by atoms with Crippen LogP contribution in [0.15, 0.2) is 115 Å². The Labute approximate surface area is 244 Å². The molecule has 0 saturated carbocycles. The third-order valence-corrected chi connectivity index (χ3v) is 8.37. The molecule has 2 heteroatoms. The summed E-state index contributed by atoms with van der Waals surface area (Å²) in [5, 5.41) is 1.30. The summed E-state index contributed by atoms with van der Waals surface area (Å²) < 4.78 is 4.83. The molecule has 0 unspecified atom stereocenters. The molecule has 6 rings (SSSR count). The first-order chi connectivity index (χ1) is 19.8. The number of rotatable bonds is 6. The minimum absolute atomic E-state index is 0.352. The van der Waals surface area contributed by atoms with Crippen molar-refractivity contribution in [2.75, 3.05) is 0 Å². The highest BCUT2D eigenvalue weighted by molar-refractivity contribution is 5.93. The number of hydrogen-bond acceptors (Lipinski definition) is 0. The number of nitrogens with zero attached hydrogens (tertiary/aromatic N) is 2. The smallest absolute Gasteiger partial charge is 0.230 e. The number of para-hydroxylation sites is 1. The van der Waals surface area contributed by atoms with E-state index in [1.807, 2.05) is 0 Å². The predicted molar refractivity (Wildman–Crippen MR) is 174 cm³/mol. The van der Waals surface area contributed by atoms with Crippen molar-refractivity contribution in [1.82, 2.24) is 4.57 Å². The summed E-state index contributed by atoms with van der Waals surface area (Å²) in [6, 6.07) is 39.8. The normalized spacial score (nSPS) is 11.6. The van der Waals surface area contributed by atoms with Gasteiger partial charge in [0.1, 0.15) is 12.7 Å². The molecule has 4 aromatic carbocycles. The molecule has 6 aromatic rings. The molecule has 204 valence electrons. The molecule has 0 saturated heterocycles. The molecule has 0 amide bonds. The van der Waals surface area contributed by atoms with Gasteiger partial charge in [0, 0.05) is 17.5 Å². The Kier molecular flexibility index (Phi) is 7.09. The van der Waals surface area contributed by atoms with Gasteiger partial charge in [0.15, 0.2) is 6.20 Å². The van der Waals surface area contributed by atoms with E-state index in [0.29, 0.717) is 11.8 Å². The van der Waals surface area contributed by atoms with Crippen molar-refractivity contribution in [1.29, 1.82) is 0 Å². The first-order valence-corrected chi connectivity index (χ1v) is 14.7. The van der Waals surface area contributed by atoms with Crippen LogP contribution in [0.25, 0.3) is 50.2 Å². The summed E-state index contributed by atoms with van der Waals surface area (Å²) >= 11 is 0. The highest BCUT2D eigenvalue weighted by Gasteiger charge is 2.28. The van der Waals surface area contributed by atoms with Gasteiger partial charge in [-0.3, -0.25) is 0 Å². The molecule has 0 aliphatic heterocycles. The maximum Gasteiger partial charge on any atom is 0.230 e. The van der Waals surface area contributed by atoms with Crippen LogP contribution in [0.2, 0.25) is 0 Å². The van der Waals surface area contributed by atoms with Crippen LogP contribution in [0.4, 0.5) is 0 Å². The zero-order chi connectivity index (χ0) is 28.7. The van der Waals surface area contributed by atoms with E-state index in [0.717, 1.165) is 0 Å². The van der Waals surface area contributed by atoms with Gasteiger partial charge in [0.05, 0.1) is 11.2 Å². The average Bonchev–Trinajstić information content (AvgIpc) is 3.29. The summed E-state index contributed by atoms with van der Waals surface area (Å²) in [6.07, 6.45) is 2.20. The molecule has 0 fully saturated rings. The largest absolute Gasteiger partial charge is 0.303 e. The summed E-state index contributed by atoms with van der Waals surface area (Å²) in [7, 11) is 2.16. The summed E-state index contributed by atoms with van der Waals surface area (Å²) in [5.41, 5.74) is 14.1. The first-order valence-electron chi connectivity index (χ1n) is 14.7. The molecule has 0 radical (unpaired) electrons. The van der Waals surface area contributed by atoms with Crippen molar-refractivity contribution in [2.45, 2.75) is 46.5 Å². The number of pyridine rings is 1. The van der Waals surface area contributed by atoms with Gasteiger partial charge in [0.25, 0.3) is 0 Å². The molecule has 0 atom stereocenters. The molecule has 41 heavy (non-hydrogen) atoms. The molecule has 2 heterocycles. The third kappa shape index (κ3) is 4.78. The Morgan fingerprint density at radius 3 is 1.71 bits per heavy atom. The Morgan fingerprint density at radius 1 is 0.585 bits per heavy atom. The van der Waals surface area contributed by atoms with Gasteiger partial charge in [-0.1, -0.05) is 107 Å². The standard InChI is InChI=1S/C39H39N2/c1-26(2)34-23-32(30-17-11-8-12-18-30)24-35(27(3)4)39(34)41-36-20-14-13-19-33(36)28(5)38(41)37-25-31(21-22-40(37)6)29-15-9-7-10-16-29/h7-27H,1-6H3/q+1. The lowest BCUT2D eigenvalue weighted by atomic mass is 9.88. The minimum atomic E-state index is 0.352. The fourth-order valence-corrected chi connectivity index (χ4v) is 6.17. The SMILES string of the molecule is Cc1c(-c2cc(-c3ccccc3)cc[n+]2C)n(-c2c(C(C)C)cc(-c3ccccc3)cc2C(C)C)c2ccccc12. The maximum atomic E-state index is 2.56. The van der Waals surface area contributed by atoms with E-state index < -0.39 is 0 Å². The van der Waals surface area contributed by atoms with Crippen molar-refractivity contribution >= 4 is 10.9 Å². The fraction of sp³-hybridized carbons (Fsp3) is 0.205. The van der Waals surface area contributed by atoms with E-state index in [1.165, 1.54) is 66.9 Å². The van der Waals surface area contributed by atoms with Gasteiger partial charge < -0.3 is 4.57 Å². The summed E-state index contributed by atoms with van der Waals surface area (Å²) in [5.74, 6) is 0.703. The van der Waals surface area contributed by atoms with Crippen molar-refractivity contribution in [2.24, 2.45) is 7.05 Å². The van der Waals surface area contributed by atoms with Crippen molar-refractivity contribution < 1.29 is 4.57 Å². The van der Waals surface area contributed by atoms with Crippen LogP contribution < -0.4 is 4.57 Å². The zero-order valence-corrected chi connectivity index (χ0v) is 25.0. The van der Waals surface area contributed by atoms with Gasteiger partial charge in [-0.15, -0.1) is 0 Å². The second-order valence-electron chi connectivity index (χ2n) is 11.8. The van der Waals surface area contributed by atoms with Gasteiger partial charge in [-0.25, -0.2) is 0 Å². The highest BCUT2D eigenvalue weighted by Crippen LogP contribution is 2.42. The van der Waals surface area contributed by atoms with Gasteiger partial charge in [0.2, 0.25) is 5.69 Å². The lowest BCUT2D eigenvalue weighted by molar-refractivity contribution is -0.660. The highest BCUT2D eigenvalue weighted by atomic mass is 15.0. The van der Waals surface area contributed by atoms with Gasteiger partial charge in [-0.05, 0) is 75.9 Å². The minimum Gasteiger partial charge on any atom is -0.303 e. The van der Waals surface area contributed by atoms with E-state index in [4.69, 9.17) is 0 Å². The Balaban J connectivity index is 1.72. The fourth-order valence-electron chi connectivity index (χ4n) is 6.17. The van der Waals surface area contributed by atoms with Crippen molar-refractivity contribution in [3.05, 3.63) is 132 Å². The first kappa shape index (κ1) is 26.8. The van der Waals surface area contributed by atoms with Crippen LogP contribution in [0.5, 0.6) is 0 Å². The van der Waals surface area contributed by atoms with Crippen LogP contribution in [-0.2, 0) is 7.05 Å². The van der Waals surface area contributed by atoms with Crippen LogP contribution in [0, 0.1) is 6.92 Å². The van der Waals surface area contributed by atoms with E-state index in [9.17, 15) is 0 Å². The molecule has 0 N–H and O–H groups in total. The predicted octanol–water partition coefficient (Wildman–Crippen LogP) is 10.0. The number of aromatic nitrogens is 2. The summed E-state index contributed by atoms with van der Waals surface area (Å²) in [6.45, 7) is 11.6. The van der Waals surface area contributed by atoms with Crippen LogP contribution >= 0.6 is 0 Å². The van der Waals surface area contributed by atoms with Gasteiger partial charge >= 0.3 is 0 Å². The molecule has 0 aliphatic rings. The topological polar surface area (TPSA) is 8.81 Å². The second-order valence-corrected chi connectivity index (χ2v) is 11.8. The van der Waals surface area contributed by atoms with Crippen LogP contribution in [0.1, 0.15) is 56.2 Å². The van der Waals surface area contributed by atoms with Gasteiger partial charge in [-0.2, -0.15) is 4.57 Å². The second kappa shape index (κ2) is 10.9. The Bertz CT molecular complexity index is 1810. The number of aryl methyl sites for hydroxylation is 2. The molecule has 0 bridgehead atoms. The molecular formula is C39H39N2+. The van der Waals surface area contributed by atoms with E-state index in [1.54, 1.807) is 0 Å². The van der Waals surface area contributed by atoms with Crippen LogP contribution in [-0.4, -0.2) is 4.57 Å². The van der Waals surface area contributed by atoms with Crippen molar-refractivity contribution in [3.63, 3.8) is 0 Å². The number of hydrogen-bond donors (Lipinski definition) is 0. The zero-order valence-electron chi connectivity index (χ0n) is 25.0. The lowest BCUT2D eigenvalue weighted by Gasteiger charge is -2.25. The average molecular weight is 536 g/mol. The van der Waals surface area contributed by atoms with E-state index >= 15 is 0 Å². The quantitative estimate of drug-likeness (QED) is 0.188. The molecular weight excluding hydrogens is 496 g/mol. The molecule has 2 nitrogen and oxygen atoms in total. The lowest BCUT2D eigenvalue weighted by Crippen LogP contribution is -2.31. The monoisotopic (exact) mass is 535 g/mol. The Morgan fingerprint density at radius 2 is 1.12 bits per heavy atom. The van der Waals surface area contributed by atoms with E-state index in [-0.39, 0.29) is 0 Å². The van der Waals surface area contributed by atoms with E-state index in [2.05, 4.69) is 166 Å². The molecule has 2 aromatic heterocycles. The number of fused-ring (bicyclic) bond motifs is 1. The molecule has 0 spiro atoms. The van der Waals surface area contributed by atoms with Crippen LogP contribution in [0.3, 0.4) is 0 Å². The van der Waals surface area contributed by atoms with Crippen molar-refractivity contribution in [3.8, 4) is 39.3 Å².